The predicted molar refractivity (Wildman–Crippen MR) is 88.2 cm³/mol. The quantitative estimate of drug-likeness (QED) is 0.281. The topological polar surface area (TPSA) is 0 Å². The fourth-order valence-electron chi connectivity index (χ4n) is 2.36. The van der Waals surface area contributed by atoms with Crippen LogP contribution in [0.1, 0.15) is 17.5 Å². The standard InChI is InChI=1S/C17H13F6I/c18-14(16(19,20)17(21,22)23)11-15(24,12-7-3-1-4-8-12)13-9-5-2-6-10-13/h1-10,14H,11H2. The van der Waals surface area contributed by atoms with E-state index in [4.69, 9.17) is 0 Å². The molecule has 2 aromatic carbocycles. The molecule has 2 aromatic rings. The molecule has 130 valence electrons. The molecule has 0 amide bonds. The largest absolute Gasteiger partial charge is 0.456 e. The Labute approximate surface area is 149 Å². The molecule has 0 heterocycles. The maximum absolute atomic E-state index is 14.1. The van der Waals surface area contributed by atoms with Crippen molar-refractivity contribution in [3.8, 4) is 0 Å². The Bertz CT molecular complexity index is 614. The second-order valence-electron chi connectivity index (χ2n) is 5.33. The van der Waals surface area contributed by atoms with Gasteiger partial charge in [0.15, 0.2) is 6.17 Å². The maximum Gasteiger partial charge on any atom is 0.456 e. The van der Waals surface area contributed by atoms with Gasteiger partial charge in [0.25, 0.3) is 0 Å². The van der Waals surface area contributed by atoms with Gasteiger partial charge in [0.2, 0.25) is 0 Å². The predicted octanol–water partition coefficient (Wildman–Crippen LogP) is 6.29. The summed E-state index contributed by atoms with van der Waals surface area (Å²) in [4.78, 5) is 0. The Balaban J connectivity index is 2.46. The van der Waals surface area contributed by atoms with E-state index >= 15 is 0 Å². The number of benzene rings is 2. The zero-order valence-electron chi connectivity index (χ0n) is 12.2. The van der Waals surface area contributed by atoms with E-state index < -0.39 is 28.1 Å². The van der Waals surface area contributed by atoms with Gasteiger partial charge in [-0.25, -0.2) is 4.39 Å². The fraction of sp³-hybridized carbons (Fsp3) is 0.294. The highest BCUT2D eigenvalue weighted by Crippen LogP contribution is 2.49. The lowest BCUT2D eigenvalue weighted by molar-refractivity contribution is -0.304. The van der Waals surface area contributed by atoms with Gasteiger partial charge in [-0.3, -0.25) is 0 Å². The van der Waals surface area contributed by atoms with Crippen molar-refractivity contribution in [1.29, 1.82) is 0 Å². The Kier molecular flexibility index (Phi) is 5.51. The first-order chi connectivity index (χ1) is 11.1. The molecule has 1 atom stereocenters. The van der Waals surface area contributed by atoms with Crippen molar-refractivity contribution in [3.05, 3.63) is 71.8 Å². The molecule has 0 aliphatic rings. The van der Waals surface area contributed by atoms with Crippen molar-refractivity contribution in [2.45, 2.75) is 28.1 Å². The molecule has 0 nitrogen and oxygen atoms in total. The molecule has 0 saturated heterocycles. The van der Waals surface area contributed by atoms with Crippen molar-refractivity contribution in [2.24, 2.45) is 0 Å². The van der Waals surface area contributed by atoms with Gasteiger partial charge in [-0.2, -0.15) is 22.0 Å². The van der Waals surface area contributed by atoms with Crippen molar-refractivity contribution < 1.29 is 26.3 Å². The molecule has 0 aliphatic carbocycles. The first-order valence-electron chi connectivity index (χ1n) is 6.97. The van der Waals surface area contributed by atoms with Gasteiger partial charge in [0.1, 0.15) is 0 Å². The van der Waals surface area contributed by atoms with E-state index in [2.05, 4.69) is 0 Å². The minimum atomic E-state index is -5.93. The SMILES string of the molecule is FC(CC(I)(c1ccccc1)c1ccccc1)C(F)(F)C(F)(F)F. The molecule has 0 aliphatic heterocycles. The van der Waals surface area contributed by atoms with Crippen LogP contribution in [-0.4, -0.2) is 18.3 Å². The lowest BCUT2D eigenvalue weighted by Crippen LogP contribution is -2.47. The van der Waals surface area contributed by atoms with Crippen molar-refractivity contribution in [1.82, 2.24) is 0 Å². The molecule has 0 saturated carbocycles. The van der Waals surface area contributed by atoms with Crippen LogP contribution in [0.4, 0.5) is 26.3 Å². The summed E-state index contributed by atoms with van der Waals surface area (Å²) in [6.07, 6.45) is -10.3. The molecule has 0 aromatic heterocycles. The minimum Gasteiger partial charge on any atom is -0.240 e. The number of halogens is 7. The van der Waals surface area contributed by atoms with Gasteiger partial charge in [0, 0.05) is 6.42 Å². The Morgan fingerprint density at radius 3 is 1.46 bits per heavy atom. The van der Waals surface area contributed by atoms with E-state index in [9.17, 15) is 26.3 Å². The highest BCUT2D eigenvalue weighted by Gasteiger charge is 2.64. The summed E-state index contributed by atoms with van der Waals surface area (Å²) in [5, 5.41) is 0. The number of alkyl halides is 7. The molecule has 0 fully saturated rings. The Hall–Kier alpha value is -1.25. The third-order valence-corrected chi connectivity index (χ3v) is 5.38. The van der Waals surface area contributed by atoms with Crippen LogP contribution in [0.2, 0.25) is 0 Å². The van der Waals surface area contributed by atoms with Gasteiger partial charge in [-0.15, -0.1) is 0 Å². The summed E-state index contributed by atoms with van der Waals surface area (Å²) in [6.45, 7) is 0. The number of hydrogen-bond acceptors (Lipinski definition) is 0. The molecule has 0 N–H and O–H groups in total. The molecule has 2 rings (SSSR count). The Morgan fingerprint density at radius 1 is 0.750 bits per heavy atom. The molecule has 24 heavy (non-hydrogen) atoms. The van der Waals surface area contributed by atoms with Crippen molar-refractivity contribution in [3.63, 3.8) is 0 Å². The molecule has 0 spiro atoms. The van der Waals surface area contributed by atoms with E-state index in [0.717, 1.165) is 0 Å². The van der Waals surface area contributed by atoms with Crippen LogP contribution >= 0.6 is 22.6 Å². The molecule has 7 heteroatoms. The monoisotopic (exact) mass is 458 g/mol. The smallest absolute Gasteiger partial charge is 0.240 e. The summed E-state index contributed by atoms with van der Waals surface area (Å²) in [5.41, 5.74) is 0.912. The van der Waals surface area contributed by atoms with Crippen LogP contribution in [0.5, 0.6) is 0 Å². The third-order valence-electron chi connectivity index (χ3n) is 3.69. The fourth-order valence-corrected chi connectivity index (χ4v) is 3.47. The summed E-state index contributed by atoms with van der Waals surface area (Å²) < 4.78 is 76.9. The molecule has 1 unspecified atom stereocenters. The molecular weight excluding hydrogens is 445 g/mol. The van der Waals surface area contributed by atoms with Crippen LogP contribution in [-0.2, 0) is 3.42 Å². The average molecular weight is 458 g/mol. The molecule has 0 bridgehead atoms. The zero-order chi connectivity index (χ0) is 18.0. The summed E-state index contributed by atoms with van der Waals surface area (Å²) >= 11 is 1.75. The second-order valence-corrected chi connectivity index (χ2v) is 7.17. The highest BCUT2D eigenvalue weighted by molar-refractivity contribution is 14.1. The highest BCUT2D eigenvalue weighted by atomic mass is 127. The number of hydrogen-bond donors (Lipinski definition) is 0. The lowest BCUT2D eigenvalue weighted by atomic mass is 9.85. The van der Waals surface area contributed by atoms with Gasteiger partial charge in [-0.05, 0) is 11.1 Å². The second kappa shape index (κ2) is 6.93. The first kappa shape index (κ1) is 19.1. The number of rotatable bonds is 5. The average Bonchev–Trinajstić information content (AvgIpc) is 2.55. The van der Waals surface area contributed by atoms with Crippen molar-refractivity contribution in [2.75, 3.05) is 0 Å². The van der Waals surface area contributed by atoms with E-state index in [0.29, 0.717) is 11.1 Å². The molecule has 0 radical (unpaired) electrons. The van der Waals surface area contributed by atoms with E-state index in [-0.39, 0.29) is 0 Å². The van der Waals surface area contributed by atoms with E-state index in [1.165, 1.54) is 0 Å². The zero-order valence-corrected chi connectivity index (χ0v) is 14.4. The van der Waals surface area contributed by atoms with Crippen LogP contribution in [0.3, 0.4) is 0 Å². The lowest BCUT2D eigenvalue weighted by Gasteiger charge is -2.33. The third kappa shape index (κ3) is 3.70. The normalized spacial score (nSPS) is 14.5. The van der Waals surface area contributed by atoms with Gasteiger partial charge in [0.05, 0.1) is 3.42 Å². The minimum absolute atomic E-state index is 0.456. The van der Waals surface area contributed by atoms with E-state index in [1.54, 1.807) is 83.3 Å². The summed E-state index contributed by atoms with van der Waals surface area (Å²) in [5.74, 6) is -5.41. The summed E-state index contributed by atoms with van der Waals surface area (Å²) in [6, 6.07) is 16.2. The van der Waals surface area contributed by atoms with Crippen molar-refractivity contribution >= 4 is 22.6 Å². The van der Waals surface area contributed by atoms with Crippen LogP contribution in [0.15, 0.2) is 60.7 Å². The van der Waals surface area contributed by atoms with Crippen LogP contribution < -0.4 is 0 Å². The first-order valence-corrected chi connectivity index (χ1v) is 8.05. The van der Waals surface area contributed by atoms with Crippen LogP contribution in [0, 0.1) is 0 Å². The van der Waals surface area contributed by atoms with E-state index in [1.807, 2.05) is 0 Å². The van der Waals surface area contributed by atoms with Crippen LogP contribution in [0.25, 0.3) is 0 Å². The van der Waals surface area contributed by atoms with Gasteiger partial charge >= 0.3 is 12.1 Å². The molecular formula is C17H13F6I. The summed E-state index contributed by atoms with van der Waals surface area (Å²) in [7, 11) is 0. The van der Waals surface area contributed by atoms with Gasteiger partial charge in [-0.1, -0.05) is 83.3 Å². The van der Waals surface area contributed by atoms with Gasteiger partial charge < -0.3 is 0 Å². The Morgan fingerprint density at radius 2 is 1.12 bits per heavy atom. The maximum atomic E-state index is 14.1.